The molecule has 0 atom stereocenters. The third kappa shape index (κ3) is 3.53. The molecule has 0 aliphatic heterocycles. The number of ether oxygens (including phenoxy) is 1. The van der Waals surface area contributed by atoms with Crippen LogP contribution < -0.4 is 4.74 Å². The van der Waals surface area contributed by atoms with Crippen molar-refractivity contribution in [1.29, 1.82) is 0 Å². The molecule has 4 aromatic rings. The Labute approximate surface area is 157 Å². The number of aromatic nitrogens is 6. The van der Waals surface area contributed by atoms with E-state index in [1.54, 1.807) is 6.20 Å². The predicted octanol–water partition coefficient (Wildman–Crippen LogP) is 4.08. The van der Waals surface area contributed by atoms with Gasteiger partial charge in [-0.15, -0.1) is 0 Å². The smallest absolute Gasteiger partial charge is 0.181 e. The molecule has 1 N–H and O–H groups in total. The summed E-state index contributed by atoms with van der Waals surface area (Å²) in [5.74, 6) is 1.38. The maximum atomic E-state index is 5.81. The van der Waals surface area contributed by atoms with Gasteiger partial charge in [0.05, 0.1) is 23.5 Å². The minimum atomic E-state index is 0.108. The summed E-state index contributed by atoms with van der Waals surface area (Å²) >= 11 is 0. The molecule has 0 aliphatic carbocycles. The van der Waals surface area contributed by atoms with Crippen LogP contribution in [-0.2, 0) is 6.54 Å². The molecule has 0 fully saturated rings. The highest BCUT2D eigenvalue weighted by Gasteiger charge is 2.14. The number of hydrogen-bond donors (Lipinski definition) is 1. The molecule has 0 spiro atoms. The Morgan fingerprint density at radius 2 is 2.11 bits per heavy atom. The van der Waals surface area contributed by atoms with Crippen LogP contribution in [0, 0.1) is 0 Å². The standard InChI is InChI=1S/C20H22N6O/c1-4-9-26-12-14(11-22-26)17-7-8-21-20(23-17)19-16-10-15(27-13(2)3)5-6-18(16)24-25-19/h5-8,10-13H,4,9H2,1-3H3,(H,24,25). The summed E-state index contributed by atoms with van der Waals surface area (Å²) < 4.78 is 7.73. The molecular weight excluding hydrogens is 340 g/mol. The fourth-order valence-electron chi connectivity index (χ4n) is 2.99. The summed E-state index contributed by atoms with van der Waals surface area (Å²) in [7, 11) is 0. The van der Waals surface area contributed by atoms with E-state index in [4.69, 9.17) is 9.72 Å². The van der Waals surface area contributed by atoms with Crippen molar-refractivity contribution in [2.24, 2.45) is 0 Å². The summed E-state index contributed by atoms with van der Waals surface area (Å²) in [6, 6.07) is 7.76. The zero-order valence-corrected chi connectivity index (χ0v) is 15.7. The Morgan fingerprint density at radius 1 is 1.22 bits per heavy atom. The molecule has 27 heavy (non-hydrogen) atoms. The van der Waals surface area contributed by atoms with Gasteiger partial charge in [-0.3, -0.25) is 9.78 Å². The summed E-state index contributed by atoms with van der Waals surface area (Å²) in [4.78, 5) is 9.14. The van der Waals surface area contributed by atoms with Gasteiger partial charge in [-0.2, -0.15) is 10.2 Å². The number of fused-ring (bicyclic) bond motifs is 1. The second-order valence-electron chi connectivity index (χ2n) is 6.70. The van der Waals surface area contributed by atoms with E-state index >= 15 is 0 Å². The average molecular weight is 362 g/mol. The van der Waals surface area contributed by atoms with E-state index in [1.165, 1.54) is 0 Å². The van der Waals surface area contributed by atoms with E-state index in [9.17, 15) is 0 Å². The van der Waals surface area contributed by atoms with Crippen molar-refractivity contribution >= 4 is 10.9 Å². The highest BCUT2D eigenvalue weighted by molar-refractivity contribution is 5.92. The number of aryl methyl sites for hydroxylation is 1. The van der Waals surface area contributed by atoms with Gasteiger partial charge < -0.3 is 4.74 Å². The largest absolute Gasteiger partial charge is 0.491 e. The lowest BCUT2D eigenvalue weighted by atomic mass is 10.2. The van der Waals surface area contributed by atoms with E-state index in [0.717, 1.165) is 40.9 Å². The van der Waals surface area contributed by atoms with E-state index < -0.39 is 0 Å². The van der Waals surface area contributed by atoms with Crippen LogP contribution in [0.25, 0.3) is 33.7 Å². The van der Waals surface area contributed by atoms with Crippen LogP contribution in [0.2, 0.25) is 0 Å². The van der Waals surface area contributed by atoms with Gasteiger partial charge in [-0.25, -0.2) is 9.97 Å². The number of rotatable bonds is 6. The Hall–Kier alpha value is -3.22. The summed E-state index contributed by atoms with van der Waals surface area (Å²) in [6.45, 7) is 7.03. The maximum absolute atomic E-state index is 5.81. The number of benzene rings is 1. The molecular formula is C20H22N6O. The van der Waals surface area contributed by atoms with Gasteiger partial charge in [0.25, 0.3) is 0 Å². The molecule has 4 rings (SSSR count). The summed E-state index contributed by atoms with van der Waals surface area (Å²) in [5.41, 5.74) is 3.43. The molecule has 1 aromatic carbocycles. The first-order valence-electron chi connectivity index (χ1n) is 9.15. The molecule has 7 nitrogen and oxygen atoms in total. The quantitative estimate of drug-likeness (QED) is 0.559. The molecule has 138 valence electrons. The van der Waals surface area contributed by atoms with Crippen molar-refractivity contribution in [3.8, 4) is 28.5 Å². The van der Waals surface area contributed by atoms with Crippen LogP contribution in [0.15, 0.2) is 42.9 Å². The van der Waals surface area contributed by atoms with Gasteiger partial charge >= 0.3 is 0 Å². The minimum absolute atomic E-state index is 0.108. The Kier molecular flexibility index (Phi) is 4.58. The lowest BCUT2D eigenvalue weighted by Crippen LogP contribution is -2.05. The summed E-state index contributed by atoms with van der Waals surface area (Å²) in [6.07, 6.45) is 6.74. The Morgan fingerprint density at radius 3 is 2.93 bits per heavy atom. The summed E-state index contributed by atoms with van der Waals surface area (Å²) in [5, 5.41) is 12.8. The SMILES string of the molecule is CCCn1cc(-c2ccnc(-c3n[nH]c4ccc(OC(C)C)cc34)n2)cn1. The second-order valence-corrected chi connectivity index (χ2v) is 6.70. The fourth-order valence-corrected chi connectivity index (χ4v) is 2.99. The van der Waals surface area contributed by atoms with Gasteiger partial charge in [-0.1, -0.05) is 6.92 Å². The van der Waals surface area contributed by atoms with Crippen molar-refractivity contribution in [2.75, 3.05) is 0 Å². The third-order valence-corrected chi connectivity index (χ3v) is 4.16. The molecule has 0 amide bonds. The van der Waals surface area contributed by atoms with Gasteiger partial charge in [0, 0.05) is 29.9 Å². The second kappa shape index (κ2) is 7.19. The van der Waals surface area contributed by atoms with Crippen LogP contribution in [0.1, 0.15) is 27.2 Å². The van der Waals surface area contributed by atoms with Gasteiger partial charge in [0.1, 0.15) is 11.4 Å². The minimum Gasteiger partial charge on any atom is -0.491 e. The van der Waals surface area contributed by atoms with E-state index in [-0.39, 0.29) is 6.10 Å². The topological polar surface area (TPSA) is 81.5 Å². The van der Waals surface area contributed by atoms with E-state index in [0.29, 0.717) is 11.5 Å². The average Bonchev–Trinajstić information content (AvgIpc) is 3.28. The number of nitrogens with zero attached hydrogens (tertiary/aromatic N) is 5. The number of hydrogen-bond acceptors (Lipinski definition) is 5. The highest BCUT2D eigenvalue weighted by atomic mass is 16.5. The zero-order valence-electron chi connectivity index (χ0n) is 15.7. The van der Waals surface area contributed by atoms with Gasteiger partial charge in [0.15, 0.2) is 5.82 Å². The molecule has 3 aromatic heterocycles. The van der Waals surface area contributed by atoms with Crippen molar-refractivity contribution < 1.29 is 4.74 Å². The third-order valence-electron chi connectivity index (χ3n) is 4.16. The van der Waals surface area contributed by atoms with Crippen molar-refractivity contribution in [3.05, 3.63) is 42.9 Å². The monoisotopic (exact) mass is 362 g/mol. The normalized spacial score (nSPS) is 11.4. The van der Waals surface area contributed by atoms with Gasteiger partial charge in [-0.05, 0) is 44.5 Å². The first-order chi connectivity index (χ1) is 13.1. The molecule has 7 heteroatoms. The first kappa shape index (κ1) is 17.2. The Balaban J connectivity index is 1.72. The predicted molar refractivity (Wildman–Crippen MR) is 104 cm³/mol. The van der Waals surface area contributed by atoms with Crippen LogP contribution in [0.4, 0.5) is 0 Å². The van der Waals surface area contributed by atoms with Gasteiger partial charge in [0.2, 0.25) is 0 Å². The maximum Gasteiger partial charge on any atom is 0.181 e. The lowest BCUT2D eigenvalue weighted by molar-refractivity contribution is 0.243. The molecule has 0 saturated heterocycles. The lowest BCUT2D eigenvalue weighted by Gasteiger charge is -2.09. The Bertz CT molecular complexity index is 1070. The van der Waals surface area contributed by atoms with Crippen LogP contribution in [0.5, 0.6) is 5.75 Å². The van der Waals surface area contributed by atoms with Crippen LogP contribution >= 0.6 is 0 Å². The fraction of sp³-hybridized carbons (Fsp3) is 0.300. The van der Waals surface area contributed by atoms with E-state index in [1.807, 2.05) is 55.2 Å². The number of aromatic amines is 1. The molecule has 0 unspecified atom stereocenters. The van der Waals surface area contributed by atoms with Crippen molar-refractivity contribution in [3.63, 3.8) is 0 Å². The first-order valence-corrected chi connectivity index (χ1v) is 9.15. The molecule has 0 bridgehead atoms. The van der Waals surface area contributed by atoms with E-state index in [2.05, 4.69) is 27.2 Å². The molecule has 3 heterocycles. The van der Waals surface area contributed by atoms with Crippen LogP contribution in [0.3, 0.4) is 0 Å². The number of H-pyrrole nitrogens is 1. The molecule has 0 radical (unpaired) electrons. The molecule has 0 saturated carbocycles. The zero-order chi connectivity index (χ0) is 18.8. The van der Waals surface area contributed by atoms with Crippen LogP contribution in [-0.4, -0.2) is 36.0 Å². The van der Waals surface area contributed by atoms with Crippen molar-refractivity contribution in [2.45, 2.75) is 39.8 Å². The number of nitrogens with one attached hydrogen (secondary N) is 1. The van der Waals surface area contributed by atoms with Crippen molar-refractivity contribution in [1.82, 2.24) is 29.9 Å². The molecule has 0 aliphatic rings. The highest BCUT2D eigenvalue weighted by Crippen LogP contribution is 2.29.